The second-order valence-corrected chi connectivity index (χ2v) is 8.51. The molecule has 0 aromatic carbocycles. The Morgan fingerprint density at radius 1 is 1.25 bits per heavy atom. The molecule has 5 nitrogen and oxygen atoms in total. The number of likely N-dealkylation sites (tertiary alicyclic amines) is 1. The van der Waals surface area contributed by atoms with Gasteiger partial charge in [-0.3, -0.25) is 9.48 Å². The van der Waals surface area contributed by atoms with Gasteiger partial charge in [-0.05, 0) is 58.4 Å². The van der Waals surface area contributed by atoms with Gasteiger partial charge < -0.3 is 10.2 Å². The highest BCUT2D eigenvalue weighted by Gasteiger charge is 2.21. The Hall–Kier alpha value is -1.36. The minimum Gasteiger partial charge on any atom is -0.352 e. The average molecular weight is 335 g/mol. The predicted octanol–water partition coefficient (Wildman–Crippen LogP) is 3.13. The number of amides is 1. The number of nitrogens with one attached hydrogen (secondary N) is 1. The molecular weight excluding hydrogens is 300 g/mol. The van der Waals surface area contributed by atoms with E-state index in [0.717, 1.165) is 37.8 Å². The van der Waals surface area contributed by atoms with E-state index in [2.05, 4.69) is 49.9 Å². The van der Waals surface area contributed by atoms with E-state index >= 15 is 0 Å². The Balaban J connectivity index is 1.65. The van der Waals surface area contributed by atoms with E-state index in [9.17, 15) is 4.79 Å². The van der Waals surface area contributed by atoms with Gasteiger partial charge in [0.05, 0.1) is 17.3 Å². The van der Waals surface area contributed by atoms with Crippen molar-refractivity contribution in [2.45, 2.75) is 59.4 Å². The topological polar surface area (TPSA) is 50.2 Å². The van der Waals surface area contributed by atoms with Gasteiger partial charge in [0.2, 0.25) is 0 Å². The van der Waals surface area contributed by atoms with Gasteiger partial charge in [-0.25, -0.2) is 0 Å². The van der Waals surface area contributed by atoms with Crippen LogP contribution in [0.25, 0.3) is 0 Å². The zero-order chi connectivity index (χ0) is 17.7. The van der Waals surface area contributed by atoms with Crippen molar-refractivity contribution in [1.82, 2.24) is 20.0 Å². The molecule has 1 amide bonds. The minimum absolute atomic E-state index is 0.0225. The maximum Gasteiger partial charge on any atom is 0.254 e. The molecule has 2 rings (SSSR count). The SMILES string of the molecule is C[C@@H]1C[C@H](C)CN(CCCCNC(=O)c2cnn(C(C)(C)C)c2)C1. The molecule has 1 N–H and O–H groups in total. The van der Waals surface area contributed by atoms with Crippen LogP contribution < -0.4 is 5.32 Å². The molecule has 0 radical (unpaired) electrons. The molecule has 1 aromatic heterocycles. The summed E-state index contributed by atoms with van der Waals surface area (Å²) in [5.74, 6) is 1.60. The van der Waals surface area contributed by atoms with E-state index in [1.54, 1.807) is 6.20 Å². The van der Waals surface area contributed by atoms with E-state index in [1.807, 2.05) is 10.9 Å². The zero-order valence-electron chi connectivity index (χ0n) is 16.0. The smallest absolute Gasteiger partial charge is 0.254 e. The maximum atomic E-state index is 12.2. The summed E-state index contributed by atoms with van der Waals surface area (Å²) < 4.78 is 1.83. The predicted molar refractivity (Wildman–Crippen MR) is 98.2 cm³/mol. The summed E-state index contributed by atoms with van der Waals surface area (Å²) in [5.41, 5.74) is 0.546. The summed E-state index contributed by atoms with van der Waals surface area (Å²) in [6.07, 6.45) is 7.00. The lowest BCUT2D eigenvalue weighted by Gasteiger charge is -2.34. The van der Waals surface area contributed by atoms with Crippen LogP contribution in [0.4, 0.5) is 0 Å². The van der Waals surface area contributed by atoms with Gasteiger partial charge in [0.15, 0.2) is 0 Å². The molecule has 136 valence electrons. The van der Waals surface area contributed by atoms with E-state index in [0.29, 0.717) is 5.56 Å². The van der Waals surface area contributed by atoms with Crippen LogP contribution in [0.2, 0.25) is 0 Å². The van der Waals surface area contributed by atoms with Crippen LogP contribution in [0.5, 0.6) is 0 Å². The minimum atomic E-state index is -0.0960. The van der Waals surface area contributed by atoms with Gasteiger partial charge in [0.25, 0.3) is 5.91 Å². The van der Waals surface area contributed by atoms with Crippen molar-refractivity contribution in [3.05, 3.63) is 18.0 Å². The monoisotopic (exact) mass is 334 g/mol. The number of nitrogens with zero attached hydrogens (tertiary/aromatic N) is 3. The lowest BCUT2D eigenvalue weighted by Crippen LogP contribution is -2.39. The quantitative estimate of drug-likeness (QED) is 0.813. The molecule has 0 spiro atoms. The van der Waals surface area contributed by atoms with Crippen LogP contribution in [0.3, 0.4) is 0 Å². The van der Waals surface area contributed by atoms with Gasteiger partial charge in [-0.15, -0.1) is 0 Å². The summed E-state index contributed by atoms with van der Waals surface area (Å²) in [7, 11) is 0. The summed E-state index contributed by atoms with van der Waals surface area (Å²) in [4.78, 5) is 14.7. The molecule has 0 saturated carbocycles. The van der Waals surface area contributed by atoms with Crippen LogP contribution in [0.1, 0.15) is 64.2 Å². The molecular formula is C19H34N4O. The lowest BCUT2D eigenvalue weighted by atomic mass is 9.92. The van der Waals surface area contributed by atoms with Crippen molar-refractivity contribution in [3.8, 4) is 0 Å². The third-order valence-corrected chi connectivity index (χ3v) is 4.66. The Morgan fingerprint density at radius 3 is 2.50 bits per heavy atom. The van der Waals surface area contributed by atoms with Gasteiger partial charge in [0, 0.05) is 25.8 Å². The first-order valence-electron chi connectivity index (χ1n) is 9.31. The fraction of sp³-hybridized carbons (Fsp3) is 0.789. The maximum absolute atomic E-state index is 12.2. The number of rotatable bonds is 6. The van der Waals surface area contributed by atoms with Crippen molar-refractivity contribution in [2.24, 2.45) is 11.8 Å². The van der Waals surface area contributed by atoms with Crippen molar-refractivity contribution in [2.75, 3.05) is 26.2 Å². The third-order valence-electron chi connectivity index (χ3n) is 4.66. The number of carbonyl (C=O) groups excluding carboxylic acids is 1. The summed E-state index contributed by atoms with van der Waals surface area (Å²) >= 11 is 0. The molecule has 0 unspecified atom stereocenters. The third kappa shape index (κ3) is 5.62. The zero-order valence-corrected chi connectivity index (χ0v) is 16.0. The number of aromatic nitrogens is 2. The highest BCUT2D eigenvalue weighted by molar-refractivity contribution is 5.93. The van der Waals surface area contributed by atoms with Gasteiger partial charge >= 0.3 is 0 Å². The molecule has 0 bridgehead atoms. The van der Waals surface area contributed by atoms with Crippen LogP contribution in [-0.4, -0.2) is 46.8 Å². The Kier molecular flexibility index (Phi) is 6.44. The fourth-order valence-corrected chi connectivity index (χ4v) is 3.55. The highest BCUT2D eigenvalue weighted by Crippen LogP contribution is 2.21. The molecule has 1 fully saturated rings. The molecule has 5 heteroatoms. The average Bonchev–Trinajstić information content (AvgIpc) is 2.95. The van der Waals surface area contributed by atoms with Crippen LogP contribution in [0.15, 0.2) is 12.4 Å². The first kappa shape index (κ1) is 19.0. The Bertz CT molecular complexity index is 522. The number of unbranched alkanes of at least 4 members (excludes halogenated alkanes) is 1. The number of hydrogen-bond donors (Lipinski definition) is 1. The molecule has 24 heavy (non-hydrogen) atoms. The van der Waals surface area contributed by atoms with Gasteiger partial charge in [-0.2, -0.15) is 5.10 Å². The molecule has 1 saturated heterocycles. The molecule has 1 aliphatic heterocycles. The number of hydrogen-bond acceptors (Lipinski definition) is 3. The number of carbonyl (C=O) groups is 1. The number of piperidine rings is 1. The van der Waals surface area contributed by atoms with Gasteiger partial charge in [0.1, 0.15) is 0 Å². The highest BCUT2D eigenvalue weighted by atomic mass is 16.1. The van der Waals surface area contributed by atoms with Crippen LogP contribution in [0, 0.1) is 11.8 Å². The molecule has 1 aliphatic rings. The van der Waals surface area contributed by atoms with E-state index < -0.39 is 0 Å². The molecule has 1 aromatic rings. The summed E-state index contributed by atoms with van der Waals surface area (Å²) in [5, 5.41) is 7.29. The van der Waals surface area contributed by atoms with Crippen molar-refractivity contribution < 1.29 is 4.79 Å². The van der Waals surface area contributed by atoms with E-state index in [-0.39, 0.29) is 11.4 Å². The fourth-order valence-electron chi connectivity index (χ4n) is 3.55. The molecule has 0 aliphatic carbocycles. The molecule has 2 atom stereocenters. The first-order valence-corrected chi connectivity index (χ1v) is 9.31. The van der Waals surface area contributed by atoms with Crippen molar-refractivity contribution >= 4 is 5.91 Å². The van der Waals surface area contributed by atoms with E-state index in [4.69, 9.17) is 0 Å². The van der Waals surface area contributed by atoms with Crippen LogP contribution >= 0.6 is 0 Å². The summed E-state index contributed by atoms with van der Waals surface area (Å²) in [6.45, 7) is 15.2. The molecule has 2 heterocycles. The van der Waals surface area contributed by atoms with Gasteiger partial charge in [-0.1, -0.05) is 13.8 Å². The second kappa shape index (κ2) is 8.15. The van der Waals surface area contributed by atoms with Crippen molar-refractivity contribution in [3.63, 3.8) is 0 Å². The lowest BCUT2D eigenvalue weighted by molar-refractivity contribution is 0.0951. The first-order chi connectivity index (χ1) is 11.3. The second-order valence-electron chi connectivity index (χ2n) is 8.51. The van der Waals surface area contributed by atoms with E-state index in [1.165, 1.54) is 19.5 Å². The van der Waals surface area contributed by atoms with Crippen LogP contribution in [-0.2, 0) is 5.54 Å². The Morgan fingerprint density at radius 2 is 1.92 bits per heavy atom. The summed E-state index contributed by atoms with van der Waals surface area (Å²) in [6, 6.07) is 0. The largest absolute Gasteiger partial charge is 0.352 e. The standard InChI is InChI=1S/C19H34N4O/c1-15-10-16(2)13-22(12-15)9-7-6-8-20-18(24)17-11-21-23(14-17)19(3,4)5/h11,14-16H,6-10,12-13H2,1-5H3,(H,20,24)/t15-,16+. The Labute approximate surface area is 146 Å². The van der Waals surface area contributed by atoms with Crippen molar-refractivity contribution in [1.29, 1.82) is 0 Å². The normalized spacial score (nSPS) is 22.5.